The SMILES string of the molecule is CC(N)C(=O)NC(CO)C(=O)NC(C(=O)NC(Cc1ccccc1)C(=O)O)C(C)O. The first-order valence-electron chi connectivity index (χ1n) is 9.29. The van der Waals surface area contributed by atoms with Gasteiger partial charge >= 0.3 is 5.97 Å². The van der Waals surface area contributed by atoms with Gasteiger partial charge in [0.2, 0.25) is 17.7 Å². The molecule has 30 heavy (non-hydrogen) atoms. The van der Waals surface area contributed by atoms with E-state index >= 15 is 0 Å². The molecule has 0 spiro atoms. The predicted octanol–water partition coefficient (Wildman–Crippen LogP) is -2.51. The molecule has 0 radical (unpaired) electrons. The van der Waals surface area contributed by atoms with Crippen molar-refractivity contribution in [3.63, 3.8) is 0 Å². The number of aliphatic hydroxyl groups is 2. The van der Waals surface area contributed by atoms with Crippen molar-refractivity contribution < 1.29 is 34.5 Å². The fourth-order valence-electron chi connectivity index (χ4n) is 2.47. The molecule has 0 aromatic heterocycles. The zero-order valence-corrected chi connectivity index (χ0v) is 16.7. The average Bonchev–Trinajstić information content (AvgIpc) is 2.69. The van der Waals surface area contributed by atoms with E-state index in [1.165, 1.54) is 13.8 Å². The maximum Gasteiger partial charge on any atom is 0.326 e. The van der Waals surface area contributed by atoms with E-state index in [4.69, 9.17) is 5.73 Å². The number of aliphatic carboxylic acids is 1. The van der Waals surface area contributed by atoms with Gasteiger partial charge in [-0.25, -0.2) is 4.79 Å². The van der Waals surface area contributed by atoms with Crippen LogP contribution in [0.4, 0.5) is 0 Å². The zero-order chi connectivity index (χ0) is 22.8. The van der Waals surface area contributed by atoms with Crippen molar-refractivity contribution >= 4 is 23.7 Å². The van der Waals surface area contributed by atoms with Gasteiger partial charge < -0.3 is 37.0 Å². The molecular weight excluding hydrogens is 396 g/mol. The molecule has 8 N–H and O–H groups in total. The molecule has 0 saturated carbocycles. The summed E-state index contributed by atoms with van der Waals surface area (Å²) in [7, 11) is 0. The predicted molar refractivity (Wildman–Crippen MR) is 106 cm³/mol. The number of nitrogens with one attached hydrogen (secondary N) is 3. The molecule has 0 fully saturated rings. The molecule has 0 saturated heterocycles. The number of rotatable bonds is 11. The lowest BCUT2D eigenvalue weighted by molar-refractivity contribution is -0.143. The molecule has 11 heteroatoms. The Hall–Kier alpha value is -3.02. The van der Waals surface area contributed by atoms with Gasteiger partial charge in [-0.3, -0.25) is 14.4 Å². The van der Waals surface area contributed by atoms with E-state index in [1.807, 2.05) is 0 Å². The molecule has 0 aliphatic rings. The fraction of sp³-hybridized carbons (Fsp3) is 0.474. The Labute approximate surface area is 173 Å². The van der Waals surface area contributed by atoms with Crippen LogP contribution in [0.3, 0.4) is 0 Å². The third kappa shape index (κ3) is 7.78. The fourth-order valence-corrected chi connectivity index (χ4v) is 2.47. The van der Waals surface area contributed by atoms with Crippen molar-refractivity contribution in [2.75, 3.05) is 6.61 Å². The van der Waals surface area contributed by atoms with E-state index in [0.29, 0.717) is 5.56 Å². The van der Waals surface area contributed by atoms with Gasteiger partial charge in [-0.05, 0) is 19.4 Å². The number of benzene rings is 1. The number of hydrogen-bond acceptors (Lipinski definition) is 7. The molecule has 166 valence electrons. The van der Waals surface area contributed by atoms with Crippen LogP contribution in [0.2, 0.25) is 0 Å². The van der Waals surface area contributed by atoms with Crippen molar-refractivity contribution in [3.8, 4) is 0 Å². The third-order valence-electron chi connectivity index (χ3n) is 4.19. The number of hydrogen-bond donors (Lipinski definition) is 7. The Balaban J connectivity index is 2.86. The monoisotopic (exact) mass is 424 g/mol. The van der Waals surface area contributed by atoms with Crippen LogP contribution in [0.1, 0.15) is 19.4 Å². The average molecular weight is 424 g/mol. The molecule has 1 aromatic carbocycles. The van der Waals surface area contributed by atoms with Gasteiger partial charge in [0.1, 0.15) is 18.1 Å². The summed E-state index contributed by atoms with van der Waals surface area (Å²) >= 11 is 0. The number of carbonyl (C=O) groups excluding carboxylic acids is 3. The van der Waals surface area contributed by atoms with Crippen molar-refractivity contribution in [1.29, 1.82) is 0 Å². The van der Waals surface area contributed by atoms with Gasteiger partial charge in [0, 0.05) is 6.42 Å². The molecule has 0 heterocycles. The molecule has 3 amide bonds. The highest BCUT2D eigenvalue weighted by atomic mass is 16.4. The minimum absolute atomic E-state index is 0.00784. The number of carbonyl (C=O) groups is 4. The van der Waals surface area contributed by atoms with Gasteiger partial charge in [0.05, 0.1) is 18.8 Å². The Morgan fingerprint density at radius 1 is 0.933 bits per heavy atom. The lowest BCUT2D eigenvalue weighted by Crippen LogP contribution is -2.60. The van der Waals surface area contributed by atoms with Crippen LogP contribution in [0.15, 0.2) is 30.3 Å². The summed E-state index contributed by atoms with van der Waals surface area (Å²) in [5, 5.41) is 35.4. The largest absolute Gasteiger partial charge is 0.480 e. The van der Waals surface area contributed by atoms with Crippen molar-refractivity contribution in [1.82, 2.24) is 16.0 Å². The Morgan fingerprint density at radius 2 is 1.50 bits per heavy atom. The summed E-state index contributed by atoms with van der Waals surface area (Å²) in [6.07, 6.45) is -1.39. The molecule has 1 aromatic rings. The van der Waals surface area contributed by atoms with E-state index in [2.05, 4.69) is 16.0 Å². The molecule has 0 aliphatic heterocycles. The number of carboxylic acids is 1. The summed E-state index contributed by atoms with van der Waals surface area (Å²) < 4.78 is 0. The number of amides is 3. The Bertz CT molecular complexity index is 740. The van der Waals surface area contributed by atoms with Gasteiger partial charge in [0.25, 0.3) is 0 Å². The molecule has 0 aliphatic carbocycles. The number of carboxylic acid groups (broad SMARTS) is 1. The van der Waals surface area contributed by atoms with Crippen LogP contribution in [-0.4, -0.2) is 75.9 Å². The Kier molecular flexibility index (Phi) is 9.89. The van der Waals surface area contributed by atoms with Crippen molar-refractivity contribution in [3.05, 3.63) is 35.9 Å². The minimum Gasteiger partial charge on any atom is -0.480 e. The topological polar surface area (TPSA) is 191 Å². The summed E-state index contributed by atoms with van der Waals surface area (Å²) in [4.78, 5) is 48.1. The van der Waals surface area contributed by atoms with Crippen LogP contribution < -0.4 is 21.7 Å². The van der Waals surface area contributed by atoms with E-state index < -0.39 is 60.6 Å². The number of aliphatic hydroxyl groups excluding tert-OH is 2. The van der Waals surface area contributed by atoms with Crippen LogP contribution in [0.25, 0.3) is 0 Å². The molecule has 0 bridgehead atoms. The first-order chi connectivity index (χ1) is 14.1. The number of nitrogens with two attached hydrogens (primary N) is 1. The highest BCUT2D eigenvalue weighted by Crippen LogP contribution is 2.05. The quantitative estimate of drug-likeness (QED) is 0.202. The summed E-state index contributed by atoms with van der Waals surface area (Å²) in [5.74, 6) is -3.87. The highest BCUT2D eigenvalue weighted by Gasteiger charge is 2.32. The van der Waals surface area contributed by atoms with E-state index in [0.717, 1.165) is 0 Å². The van der Waals surface area contributed by atoms with Crippen LogP contribution >= 0.6 is 0 Å². The molecule has 1 rings (SSSR count). The second-order valence-electron chi connectivity index (χ2n) is 6.85. The molecule has 5 atom stereocenters. The van der Waals surface area contributed by atoms with Gasteiger partial charge in [0.15, 0.2) is 0 Å². The van der Waals surface area contributed by atoms with Crippen LogP contribution in [0.5, 0.6) is 0 Å². The van der Waals surface area contributed by atoms with Gasteiger partial charge in [-0.15, -0.1) is 0 Å². The smallest absolute Gasteiger partial charge is 0.326 e. The van der Waals surface area contributed by atoms with E-state index in [1.54, 1.807) is 30.3 Å². The molecule has 11 nitrogen and oxygen atoms in total. The minimum atomic E-state index is -1.52. The molecular formula is C19H28N4O7. The van der Waals surface area contributed by atoms with E-state index in [-0.39, 0.29) is 6.42 Å². The van der Waals surface area contributed by atoms with Crippen LogP contribution in [0, 0.1) is 0 Å². The summed E-state index contributed by atoms with van der Waals surface area (Å²) in [5.41, 5.74) is 6.07. The van der Waals surface area contributed by atoms with Crippen LogP contribution in [-0.2, 0) is 25.6 Å². The first kappa shape index (κ1) is 25.0. The molecule has 5 unspecified atom stereocenters. The summed E-state index contributed by atoms with van der Waals surface area (Å²) in [6.45, 7) is 1.84. The third-order valence-corrected chi connectivity index (χ3v) is 4.19. The van der Waals surface area contributed by atoms with Crippen molar-refractivity contribution in [2.45, 2.75) is 50.5 Å². The maximum atomic E-state index is 12.5. The summed E-state index contributed by atoms with van der Waals surface area (Å²) in [6, 6.07) is 3.45. The zero-order valence-electron chi connectivity index (χ0n) is 16.7. The van der Waals surface area contributed by atoms with Crippen molar-refractivity contribution in [2.24, 2.45) is 5.73 Å². The maximum absolute atomic E-state index is 12.5. The first-order valence-corrected chi connectivity index (χ1v) is 9.29. The van der Waals surface area contributed by atoms with Gasteiger partial charge in [-0.1, -0.05) is 30.3 Å². The van der Waals surface area contributed by atoms with E-state index in [9.17, 15) is 34.5 Å². The highest BCUT2D eigenvalue weighted by molar-refractivity contribution is 5.94. The second kappa shape index (κ2) is 11.9. The standard InChI is InChI=1S/C19H28N4O7/c1-10(20)16(26)22-14(9-24)17(27)23-15(11(2)25)18(28)21-13(19(29)30)8-12-6-4-3-5-7-12/h3-7,10-11,13-15,24-25H,8-9,20H2,1-2H3,(H,21,28)(H,22,26)(H,23,27)(H,29,30). The van der Waals surface area contributed by atoms with Gasteiger partial charge in [-0.2, -0.15) is 0 Å². The Morgan fingerprint density at radius 3 is 1.97 bits per heavy atom. The lowest BCUT2D eigenvalue weighted by Gasteiger charge is -2.25. The normalized spacial score (nSPS) is 15.8. The lowest BCUT2D eigenvalue weighted by atomic mass is 10.0. The second-order valence-corrected chi connectivity index (χ2v) is 6.85.